The summed E-state index contributed by atoms with van der Waals surface area (Å²) in [6.07, 6.45) is 4.01. The molecule has 0 bridgehead atoms. The van der Waals surface area contributed by atoms with E-state index in [1.165, 1.54) is 11.8 Å². The molecule has 6 nitrogen and oxygen atoms in total. The Labute approximate surface area is 162 Å². The van der Waals surface area contributed by atoms with Crippen LogP contribution in [0.1, 0.15) is 13.3 Å². The van der Waals surface area contributed by atoms with Crippen LogP contribution in [0.5, 0.6) is 0 Å². The van der Waals surface area contributed by atoms with Crippen molar-refractivity contribution in [2.24, 2.45) is 0 Å². The quantitative estimate of drug-likeness (QED) is 0.704. The van der Waals surface area contributed by atoms with Crippen LogP contribution in [0.15, 0.2) is 41.8 Å². The molecule has 0 saturated carbocycles. The molecule has 1 fully saturated rings. The van der Waals surface area contributed by atoms with E-state index in [-0.39, 0.29) is 28.7 Å². The average molecular weight is 414 g/mol. The standard InChI is InChI=1S/C17H20ClN3O3S2/c1-12(16(22)20(2)15-7-10-26(23,24)11-15)25-17-19-8-9-21(17)14-5-3-13(18)4-6-14/h3-6,8-9,12,15H,7,10-11H2,1-2H3/t12-,15+/m1/s1. The van der Waals surface area contributed by atoms with Gasteiger partial charge in [0.15, 0.2) is 15.0 Å². The Morgan fingerprint density at radius 1 is 1.38 bits per heavy atom. The second-order valence-electron chi connectivity index (χ2n) is 6.32. The maximum atomic E-state index is 12.7. The van der Waals surface area contributed by atoms with Gasteiger partial charge in [-0.1, -0.05) is 23.4 Å². The summed E-state index contributed by atoms with van der Waals surface area (Å²) in [6, 6.07) is 7.13. The molecule has 1 aliphatic rings. The minimum absolute atomic E-state index is 0.0476. The summed E-state index contributed by atoms with van der Waals surface area (Å²) in [5, 5.41) is 0.970. The molecule has 1 aromatic carbocycles. The topological polar surface area (TPSA) is 72.3 Å². The van der Waals surface area contributed by atoms with Gasteiger partial charge in [0, 0.05) is 36.2 Å². The summed E-state index contributed by atoms with van der Waals surface area (Å²) in [5.41, 5.74) is 0.907. The minimum Gasteiger partial charge on any atom is -0.341 e. The number of nitrogens with zero attached hydrogens (tertiary/aromatic N) is 3. The fourth-order valence-electron chi connectivity index (χ4n) is 2.93. The van der Waals surface area contributed by atoms with E-state index in [4.69, 9.17) is 11.6 Å². The monoisotopic (exact) mass is 413 g/mol. The second kappa shape index (κ2) is 7.62. The molecule has 1 saturated heterocycles. The van der Waals surface area contributed by atoms with Crippen LogP contribution in [0.2, 0.25) is 5.02 Å². The van der Waals surface area contributed by atoms with Gasteiger partial charge in [0.1, 0.15) is 0 Å². The molecule has 2 aromatic rings. The maximum Gasteiger partial charge on any atom is 0.235 e. The van der Waals surface area contributed by atoms with Crippen molar-refractivity contribution in [2.75, 3.05) is 18.6 Å². The van der Waals surface area contributed by atoms with Crippen molar-refractivity contribution < 1.29 is 13.2 Å². The number of aromatic nitrogens is 2. The molecule has 140 valence electrons. The van der Waals surface area contributed by atoms with Crippen LogP contribution in [0, 0.1) is 0 Å². The van der Waals surface area contributed by atoms with Crippen LogP contribution in [0.25, 0.3) is 5.69 Å². The lowest BCUT2D eigenvalue weighted by Gasteiger charge is -2.26. The van der Waals surface area contributed by atoms with Gasteiger partial charge in [-0.25, -0.2) is 13.4 Å². The van der Waals surface area contributed by atoms with E-state index in [2.05, 4.69) is 4.98 Å². The number of amides is 1. The van der Waals surface area contributed by atoms with Crippen molar-refractivity contribution in [1.29, 1.82) is 0 Å². The Morgan fingerprint density at radius 3 is 2.69 bits per heavy atom. The molecule has 9 heteroatoms. The normalized spacial score (nSPS) is 20.0. The van der Waals surface area contributed by atoms with Gasteiger partial charge in [0.05, 0.1) is 16.8 Å². The third-order valence-electron chi connectivity index (χ3n) is 4.45. The first-order chi connectivity index (χ1) is 12.3. The Hall–Kier alpha value is -1.51. The van der Waals surface area contributed by atoms with Crippen molar-refractivity contribution in [1.82, 2.24) is 14.5 Å². The molecule has 1 aromatic heterocycles. The number of benzene rings is 1. The van der Waals surface area contributed by atoms with Gasteiger partial charge < -0.3 is 4.90 Å². The predicted molar refractivity (Wildman–Crippen MR) is 104 cm³/mol. The molecule has 0 spiro atoms. The maximum absolute atomic E-state index is 12.7. The average Bonchev–Trinajstić information content (AvgIpc) is 3.20. The minimum atomic E-state index is -3.02. The molecule has 3 rings (SSSR count). The molecule has 1 aliphatic heterocycles. The number of sulfone groups is 1. The highest BCUT2D eigenvalue weighted by Gasteiger charge is 2.34. The molecule has 26 heavy (non-hydrogen) atoms. The zero-order valence-corrected chi connectivity index (χ0v) is 16.9. The van der Waals surface area contributed by atoms with Crippen molar-refractivity contribution in [3.63, 3.8) is 0 Å². The number of carbonyl (C=O) groups is 1. The summed E-state index contributed by atoms with van der Waals surface area (Å²) in [7, 11) is -1.35. The van der Waals surface area contributed by atoms with Crippen LogP contribution in [0.4, 0.5) is 0 Å². The van der Waals surface area contributed by atoms with Gasteiger partial charge in [0.2, 0.25) is 5.91 Å². The van der Waals surface area contributed by atoms with Crippen molar-refractivity contribution in [3.05, 3.63) is 41.7 Å². The molecule has 1 amide bonds. The number of halogens is 1. The largest absolute Gasteiger partial charge is 0.341 e. The highest BCUT2D eigenvalue weighted by Crippen LogP contribution is 2.27. The number of imidazole rings is 1. The first-order valence-corrected chi connectivity index (χ1v) is 11.3. The van der Waals surface area contributed by atoms with E-state index in [0.717, 1.165) is 5.69 Å². The second-order valence-corrected chi connectivity index (χ2v) is 10.3. The van der Waals surface area contributed by atoms with Gasteiger partial charge in [-0.3, -0.25) is 9.36 Å². The summed E-state index contributed by atoms with van der Waals surface area (Å²) < 4.78 is 25.2. The Balaban J connectivity index is 1.70. The third kappa shape index (κ3) is 4.24. The molecular weight excluding hydrogens is 394 g/mol. The van der Waals surface area contributed by atoms with Crippen molar-refractivity contribution in [2.45, 2.75) is 29.8 Å². The Bertz CT molecular complexity index is 896. The van der Waals surface area contributed by atoms with Crippen molar-refractivity contribution >= 4 is 39.1 Å². The smallest absolute Gasteiger partial charge is 0.235 e. The van der Waals surface area contributed by atoms with Gasteiger partial charge in [-0.2, -0.15) is 0 Å². The zero-order chi connectivity index (χ0) is 18.9. The SMILES string of the molecule is C[C@@H](Sc1nccn1-c1ccc(Cl)cc1)C(=O)N(C)[C@H]1CCS(=O)(=O)C1. The Morgan fingerprint density at radius 2 is 2.08 bits per heavy atom. The molecule has 0 N–H and O–H groups in total. The first kappa shape index (κ1) is 19.3. The number of carbonyl (C=O) groups excluding carboxylic acids is 1. The molecule has 0 aliphatic carbocycles. The fourth-order valence-corrected chi connectivity index (χ4v) is 5.82. The first-order valence-electron chi connectivity index (χ1n) is 8.20. The Kier molecular flexibility index (Phi) is 5.64. The summed E-state index contributed by atoms with van der Waals surface area (Å²) in [4.78, 5) is 18.6. The van der Waals surface area contributed by atoms with Crippen LogP contribution < -0.4 is 0 Å². The van der Waals surface area contributed by atoms with E-state index in [1.54, 1.807) is 30.3 Å². The molecule has 0 radical (unpaired) electrons. The summed E-state index contributed by atoms with van der Waals surface area (Å²) in [6.45, 7) is 1.81. The molecule has 2 atom stereocenters. The number of hydrogen-bond donors (Lipinski definition) is 0. The van der Waals surface area contributed by atoms with E-state index < -0.39 is 9.84 Å². The number of thioether (sulfide) groups is 1. The summed E-state index contributed by atoms with van der Waals surface area (Å²) in [5.74, 6) is 0.104. The van der Waals surface area contributed by atoms with Gasteiger partial charge in [-0.15, -0.1) is 0 Å². The van der Waals surface area contributed by atoms with E-state index in [9.17, 15) is 13.2 Å². The van der Waals surface area contributed by atoms with Gasteiger partial charge in [0.25, 0.3) is 0 Å². The summed E-state index contributed by atoms with van der Waals surface area (Å²) >= 11 is 7.28. The number of rotatable bonds is 5. The van der Waals surface area contributed by atoms with Gasteiger partial charge in [-0.05, 0) is 37.6 Å². The van der Waals surface area contributed by atoms with Crippen LogP contribution in [-0.4, -0.2) is 58.6 Å². The van der Waals surface area contributed by atoms with Crippen molar-refractivity contribution in [3.8, 4) is 5.69 Å². The van der Waals surface area contributed by atoms with Crippen LogP contribution in [0.3, 0.4) is 0 Å². The highest BCUT2D eigenvalue weighted by atomic mass is 35.5. The molecule has 2 heterocycles. The molecule has 0 unspecified atom stereocenters. The van der Waals surface area contributed by atoms with E-state index >= 15 is 0 Å². The van der Waals surface area contributed by atoms with E-state index in [1.807, 2.05) is 29.8 Å². The third-order valence-corrected chi connectivity index (χ3v) is 7.52. The predicted octanol–water partition coefficient (Wildman–Crippen LogP) is 2.65. The lowest BCUT2D eigenvalue weighted by atomic mass is 10.2. The van der Waals surface area contributed by atoms with Crippen LogP contribution >= 0.6 is 23.4 Å². The fraction of sp³-hybridized carbons (Fsp3) is 0.412. The number of hydrogen-bond acceptors (Lipinski definition) is 5. The van der Waals surface area contributed by atoms with Gasteiger partial charge >= 0.3 is 0 Å². The lowest BCUT2D eigenvalue weighted by Crippen LogP contribution is -2.41. The van der Waals surface area contributed by atoms with Crippen LogP contribution in [-0.2, 0) is 14.6 Å². The van der Waals surface area contributed by atoms with E-state index in [0.29, 0.717) is 16.6 Å². The highest BCUT2D eigenvalue weighted by molar-refractivity contribution is 8.00. The lowest BCUT2D eigenvalue weighted by molar-refractivity contribution is -0.130. The molecular formula is C17H20ClN3O3S2. The zero-order valence-electron chi connectivity index (χ0n) is 14.5.